The molecule has 0 fully saturated rings. The summed E-state index contributed by atoms with van der Waals surface area (Å²) in [7, 11) is 0. The minimum Gasteiger partial charge on any atom is -0.325 e. The summed E-state index contributed by atoms with van der Waals surface area (Å²) in [6.45, 7) is 4.06. The van der Waals surface area contributed by atoms with Crippen LogP contribution in [0.3, 0.4) is 0 Å². The number of aromatic amines is 2. The second-order valence-electron chi connectivity index (χ2n) is 5.33. The number of carbonyl (C=O) groups excluding carboxylic acids is 1. The Hall–Kier alpha value is -2.27. The summed E-state index contributed by atoms with van der Waals surface area (Å²) in [5.41, 5.74) is 5.27. The third-order valence-corrected chi connectivity index (χ3v) is 4.22. The maximum absolute atomic E-state index is 12.0. The van der Waals surface area contributed by atoms with Gasteiger partial charge in [-0.05, 0) is 61.0 Å². The second kappa shape index (κ2) is 6.23. The van der Waals surface area contributed by atoms with Gasteiger partial charge < -0.3 is 5.32 Å². The molecule has 1 amide bonds. The molecule has 4 nitrogen and oxygen atoms in total. The zero-order valence-electron chi connectivity index (χ0n) is 12.6. The quantitative estimate of drug-likeness (QED) is 0.726. The number of hydrogen-bond acceptors (Lipinski definition) is 2. The van der Waals surface area contributed by atoms with E-state index in [1.54, 1.807) is 0 Å². The van der Waals surface area contributed by atoms with Crippen LogP contribution >= 0.6 is 11.8 Å². The second-order valence-corrected chi connectivity index (χ2v) is 6.32. The van der Waals surface area contributed by atoms with Crippen molar-refractivity contribution in [3.05, 3.63) is 53.6 Å². The van der Waals surface area contributed by atoms with E-state index in [-0.39, 0.29) is 5.91 Å². The zero-order valence-corrected chi connectivity index (χ0v) is 13.4. The third-order valence-electron chi connectivity index (χ3n) is 3.32. The van der Waals surface area contributed by atoms with E-state index in [2.05, 4.69) is 34.3 Å². The van der Waals surface area contributed by atoms with Gasteiger partial charge in [0, 0.05) is 5.69 Å². The van der Waals surface area contributed by atoms with Crippen LogP contribution in [0.1, 0.15) is 11.1 Å². The number of nitrogens with one attached hydrogen (secondary N) is 3. The fourth-order valence-electron chi connectivity index (χ4n) is 2.28. The number of imidazole rings is 1. The van der Waals surface area contributed by atoms with Gasteiger partial charge >= 0.3 is 5.16 Å². The number of hydrogen-bond donors (Lipinski definition) is 2. The van der Waals surface area contributed by atoms with Gasteiger partial charge in [0.1, 0.15) is 0 Å². The minimum absolute atomic E-state index is 0.0150. The van der Waals surface area contributed by atoms with E-state index >= 15 is 0 Å². The minimum atomic E-state index is -0.0150. The Balaban J connectivity index is 1.62. The van der Waals surface area contributed by atoms with E-state index in [4.69, 9.17) is 0 Å². The highest BCUT2D eigenvalue weighted by molar-refractivity contribution is 7.99. The highest BCUT2D eigenvalue weighted by Gasteiger charge is 2.12. The standard InChI is InChI=1S/C17H17N3OS/c1-11-4-3-5-13(8-11)18-16(21)10-22-17-19-14-7-6-12(2)9-15(14)20-17/h3-9H,10H2,1-2H3,(H,18,21)(H,19,20)/p+1. The van der Waals surface area contributed by atoms with Crippen molar-refractivity contribution in [2.75, 3.05) is 11.1 Å². The lowest BCUT2D eigenvalue weighted by atomic mass is 10.2. The van der Waals surface area contributed by atoms with Crippen LogP contribution in [0.15, 0.2) is 47.6 Å². The Morgan fingerprint density at radius 2 is 2.00 bits per heavy atom. The van der Waals surface area contributed by atoms with Crippen LogP contribution in [0, 0.1) is 13.8 Å². The average molecular weight is 312 g/mol. The fourth-order valence-corrected chi connectivity index (χ4v) is 2.99. The van der Waals surface area contributed by atoms with Crippen molar-refractivity contribution in [2.45, 2.75) is 19.0 Å². The first-order chi connectivity index (χ1) is 10.6. The van der Waals surface area contributed by atoms with E-state index in [0.29, 0.717) is 5.75 Å². The maximum Gasteiger partial charge on any atom is 0.315 e. The van der Waals surface area contributed by atoms with Gasteiger partial charge in [0.25, 0.3) is 0 Å². The molecule has 0 aliphatic heterocycles. The lowest BCUT2D eigenvalue weighted by Gasteiger charge is -2.04. The first-order valence-corrected chi connectivity index (χ1v) is 8.10. The first-order valence-electron chi connectivity index (χ1n) is 7.11. The van der Waals surface area contributed by atoms with Crippen LogP contribution in [-0.4, -0.2) is 16.6 Å². The van der Waals surface area contributed by atoms with Crippen molar-refractivity contribution >= 4 is 34.4 Å². The number of amides is 1. The molecule has 1 aromatic heterocycles. The molecule has 2 aromatic carbocycles. The smallest absolute Gasteiger partial charge is 0.315 e. The molecule has 0 atom stereocenters. The summed E-state index contributed by atoms with van der Waals surface area (Å²) in [6.07, 6.45) is 0. The van der Waals surface area contributed by atoms with Crippen molar-refractivity contribution < 1.29 is 9.78 Å². The number of thioether (sulfide) groups is 1. The van der Waals surface area contributed by atoms with E-state index in [0.717, 1.165) is 27.4 Å². The lowest BCUT2D eigenvalue weighted by Crippen LogP contribution is -2.15. The number of aryl methyl sites for hydroxylation is 2. The molecule has 3 aromatic rings. The highest BCUT2D eigenvalue weighted by atomic mass is 32.2. The summed E-state index contributed by atoms with van der Waals surface area (Å²) in [5.74, 6) is 0.342. The van der Waals surface area contributed by atoms with Crippen molar-refractivity contribution in [1.29, 1.82) is 0 Å². The van der Waals surface area contributed by atoms with Crippen LogP contribution in [-0.2, 0) is 4.79 Å². The third kappa shape index (κ3) is 3.49. The molecule has 22 heavy (non-hydrogen) atoms. The molecule has 0 aliphatic carbocycles. The highest BCUT2D eigenvalue weighted by Crippen LogP contribution is 2.17. The largest absolute Gasteiger partial charge is 0.325 e. The number of H-pyrrole nitrogens is 2. The molecular formula is C17H18N3OS+. The molecule has 5 heteroatoms. The molecule has 0 unspecified atom stereocenters. The Labute approximate surface area is 133 Å². The maximum atomic E-state index is 12.0. The summed E-state index contributed by atoms with van der Waals surface area (Å²) >= 11 is 1.46. The number of aromatic nitrogens is 2. The summed E-state index contributed by atoms with van der Waals surface area (Å²) in [5, 5.41) is 3.80. The van der Waals surface area contributed by atoms with Crippen molar-refractivity contribution in [1.82, 2.24) is 4.98 Å². The van der Waals surface area contributed by atoms with Gasteiger partial charge in [0.2, 0.25) is 5.91 Å². The van der Waals surface area contributed by atoms with E-state index in [9.17, 15) is 4.79 Å². The Morgan fingerprint density at radius 3 is 2.82 bits per heavy atom. The molecule has 0 saturated carbocycles. The number of benzene rings is 2. The van der Waals surface area contributed by atoms with Crippen molar-refractivity contribution in [3.8, 4) is 0 Å². The predicted octanol–water partition coefficient (Wildman–Crippen LogP) is 3.33. The van der Waals surface area contributed by atoms with Gasteiger partial charge in [-0.15, -0.1) is 0 Å². The Bertz CT molecular complexity index is 826. The molecule has 0 spiro atoms. The van der Waals surface area contributed by atoms with Crippen LogP contribution in [0.5, 0.6) is 0 Å². The van der Waals surface area contributed by atoms with Crippen molar-refractivity contribution in [3.63, 3.8) is 0 Å². The number of fused-ring (bicyclic) bond motifs is 1. The fraction of sp³-hybridized carbons (Fsp3) is 0.176. The van der Waals surface area contributed by atoms with Crippen LogP contribution in [0.2, 0.25) is 0 Å². The van der Waals surface area contributed by atoms with Gasteiger partial charge in [-0.1, -0.05) is 18.2 Å². The topological polar surface area (TPSA) is 59.0 Å². The molecule has 3 rings (SSSR count). The normalized spacial score (nSPS) is 10.8. The first kappa shape index (κ1) is 14.7. The van der Waals surface area contributed by atoms with Gasteiger partial charge in [-0.2, -0.15) is 0 Å². The monoisotopic (exact) mass is 312 g/mol. The van der Waals surface area contributed by atoms with E-state index in [1.165, 1.54) is 17.3 Å². The molecule has 112 valence electrons. The summed E-state index contributed by atoms with van der Waals surface area (Å²) in [4.78, 5) is 18.6. The molecular weight excluding hydrogens is 294 g/mol. The molecule has 1 heterocycles. The zero-order chi connectivity index (χ0) is 15.5. The molecule has 0 saturated heterocycles. The van der Waals surface area contributed by atoms with Crippen LogP contribution in [0.4, 0.5) is 5.69 Å². The number of rotatable bonds is 4. The predicted molar refractivity (Wildman–Crippen MR) is 90.1 cm³/mol. The van der Waals surface area contributed by atoms with Gasteiger partial charge in [0.15, 0.2) is 11.0 Å². The number of anilines is 1. The Morgan fingerprint density at radius 1 is 1.18 bits per heavy atom. The molecule has 0 radical (unpaired) electrons. The number of carbonyl (C=O) groups is 1. The molecule has 3 N–H and O–H groups in total. The SMILES string of the molecule is Cc1cccc(NC(=O)CSc2[nH]c3cc(C)ccc3[nH+]2)c1. The summed E-state index contributed by atoms with van der Waals surface area (Å²) < 4.78 is 0. The Kier molecular flexibility index (Phi) is 4.15. The van der Waals surface area contributed by atoms with Crippen LogP contribution < -0.4 is 10.3 Å². The molecule has 0 bridgehead atoms. The van der Waals surface area contributed by atoms with Gasteiger partial charge in [-0.25, -0.2) is 9.97 Å². The van der Waals surface area contributed by atoms with Crippen LogP contribution in [0.25, 0.3) is 11.0 Å². The van der Waals surface area contributed by atoms with E-state index in [1.807, 2.05) is 37.3 Å². The van der Waals surface area contributed by atoms with Gasteiger partial charge in [-0.3, -0.25) is 4.79 Å². The van der Waals surface area contributed by atoms with Crippen molar-refractivity contribution in [2.24, 2.45) is 0 Å². The van der Waals surface area contributed by atoms with E-state index < -0.39 is 0 Å². The summed E-state index contributed by atoms with van der Waals surface area (Å²) in [6, 6.07) is 14.0. The lowest BCUT2D eigenvalue weighted by molar-refractivity contribution is -0.396. The van der Waals surface area contributed by atoms with Gasteiger partial charge in [0.05, 0.1) is 5.75 Å². The molecule has 0 aliphatic rings. The average Bonchev–Trinajstić information content (AvgIpc) is 2.87.